The monoisotopic (exact) mass is 198 g/mol. The van der Waals surface area contributed by atoms with E-state index in [2.05, 4.69) is 32.8 Å². The van der Waals surface area contributed by atoms with Gasteiger partial charge in [0.05, 0.1) is 6.10 Å². The van der Waals surface area contributed by atoms with Crippen molar-refractivity contribution in [2.45, 2.75) is 31.9 Å². The first-order valence-electron chi connectivity index (χ1n) is 5.45. The van der Waals surface area contributed by atoms with Crippen LogP contribution in [0.25, 0.3) is 0 Å². The first kappa shape index (κ1) is 10.4. The van der Waals surface area contributed by atoms with Crippen molar-refractivity contribution in [2.75, 3.05) is 27.2 Å². The lowest BCUT2D eigenvalue weighted by Crippen LogP contribution is -2.77. The Morgan fingerprint density at radius 1 is 1.43 bits per heavy atom. The minimum Gasteiger partial charge on any atom is -0.377 e. The lowest BCUT2D eigenvalue weighted by atomic mass is 9.48. The fourth-order valence-electron chi connectivity index (χ4n) is 3.32. The molecule has 0 amide bonds. The van der Waals surface area contributed by atoms with E-state index in [-0.39, 0.29) is 11.0 Å². The zero-order chi connectivity index (χ0) is 10.6. The summed E-state index contributed by atoms with van der Waals surface area (Å²) in [7, 11) is 4.18. The Bertz CT molecular complexity index is 239. The highest BCUT2D eigenvalue weighted by Gasteiger charge is 2.67. The summed E-state index contributed by atoms with van der Waals surface area (Å²) in [5.41, 5.74) is 6.61. The van der Waals surface area contributed by atoms with E-state index in [1.54, 1.807) is 0 Å². The van der Waals surface area contributed by atoms with Gasteiger partial charge in [-0.25, -0.2) is 0 Å². The summed E-state index contributed by atoms with van der Waals surface area (Å²) in [6.45, 7) is 6.33. The second-order valence-electron chi connectivity index (χ2n) is 5.69. The average molecular weight is 198 g/mol. The van der Waals surface area contributed by atoms with Gasteiger partial charge >= 0.3 is 0 Å². The molecule has 0 aromatic rings. The number of likely N-dealkylation sites (N-methyl/N-ethyl adjacent to an activating group) is 1. The van der Waals surface area contributed by atoms with Crippen molar-refractivity contribution < 1.29 is 4.74 Å². The first-order chi connectivity index (χ1) is 6.39. The average Bonchev–Trinajstić information content (AvgIpc) is 2.48. The molecule has 1 saturated heterocycles. The third-order valence-corrected chi connectivity index (χ3v) is 4.24. The van der Waals surface area contributed by atoms with Crippen molar-refractivity contribution in [3.8, 4) is 0 Å². The van der Waals surface area contributed by atoms with Gasteiger partial charge in [-0.2, -0.15) is 0 Å². The van der Waals surface area contributed by atoms with Crippen molar-refractivity contribution in [2.24, 2.45) is 17.1 Å². The number of nitrogens with two attached hydrogens (primary N) is 1. The molecule has 82 valence electrons. The topological polar surface area (TPSA) is 38.5 Å². The lowest BCUT2D eigenvalue weighted by Gasteiger charge is -2.63. The molecule has 3 nitrogen and oxygen atoms in total. The van der Waals surface area contributed by atoms with Gasteiger partial charge in [0, 0.05) is 30.0 Å². The standard InChI is InChI=1S/C11H22N2O/c1-10(2)9-8(5-6-14-9)11(10,12)7-13(3)4/h8-9H,5-7,12H2,1-4H3. The number of hydrogen-bond acceptors (Lipinski definition) is 3. The summed E-state index contributed by atoms with van der Waals surface area (Å²) in [5, 5.41) is 0. The minimum absolute atomic E-state index is 0.0579. The van der Waals surface area contributed by atoms with Crippen molar-refractivity contribution in [3.63, 3.8) is 0 Å². The molecule has 3 atom stereocenters. The van der Waals surface area contributed by atoms with E-state index in [1.807, 2.05) is 0 Å². The van der Waals surface area contributed by atoms with Crippen molar-refractivity contribution in [3.05, 3.63) is 0 Å². The number of ether oxygens (including phenoxy) is 1. The highest BCUT2D eigenvalue weighted by Crippen LogP contribution is 2.58. The predicted octanol–water partition coefficient (Wildman–Crippen LogP) is 0.690. The van der Waals surface area contributed by atoms with E-state index >= 15 is 0 Å². The zero-order valence-electron chi connectivity index (χ0n) is 9.71. The molecule has 0 aromatic heterocycles. The van der Waals surface area contributed by atoms with E-state index in [0.29, 0.717) is 12.0 Å². The van der Waals surface area contributed by atoms with Gasteiger partial charge < -0.3 is 15.4 Å². The van der Waals surface area contributed by atoms with Crippen LogP contribution < -0.4 is 5.73 Å². The molecule has 3 heteroatoms. The van der Waals surface area contributed by atoms with Crippen LogP contribution in [0, 0.1) is 11.3 Å². The molecule has 1 aliphatic heterocycles. The smallest absolute Gasteiger partial charge is 0.0691 e. The van der Waals surface area contributed by atoms with Gasteiger partial charge in [0.1, 0.15) is 0 Å². The van der Waals surface area contributed by atoms with Crippen molar-refractivity contribution >= 4 is 0 Å². The van der Waals surface area contributed by atoms with Gasteiger partial charge in [-0.3, -0.25) is 0 Å². The van der Waals surface area contributed by atoms with E-state index in [9.17, 15) is 0 Å². The highest BCUT2D eigenvalue weighted by molar-refractivity contribution is 5.21. The maximum atomic E-state index is 6.55. The van der Waals surface area contributed by atoms with E-state index < -0.39 is 0 Å². The van der Waals surface area contributed by atoms with Crippen molar-refractivity contribution in [1.29, 1.82) is 0 Å². The Labute approximate surface area is 86.6 Å². The Hall–Kier alpha value is -0.120. The van der Waals surface area contributed by atoms with Gasteiger partial charge in [-0.1, -0.05) is 13.8 Å². The van der Waals surface area contributed by atoms with Crippen LogP contribution in [0.1, 0.15) is 20.3 Å². The molecule has 2 N–H and O–H groups in total. The van der Waals surface area contributed by atoms with Crippen LogP contribution in [0.5, 0.6) is 0 Å². The molecule has 0 aromatic carbocycles. The molecule has 2 aliphatic rings. The van der Waals surface area contributed by atoms with Crippen LogP contribution in [0.15, 0.2) is 0 Å². The van der Waals surface area contributed by atoms with Crippen LogP contribution in [0.4, 0.5) is 0 Å². The summed E-state index contributed by atoms with van der Waals surface area (Å²) in [4.78, 5) is 2.19. The lowest BCUT2D eigenvalue weighted by molar-refractivity contribution is -0.160. The quantitative estimate of drug-likeness (QED) is 0.709. The summed E-state index contributed by atoms with van der Waals surface area (Å²) in [5.74, 6) is 0.569. The Balaban J connectivity index is 2.18. The fourth-order valence-corrected chi connectivity index (χ4v) is 3.32. The Morgan fingerprint density at radius 2 is 2.07 bits per heavy atom. The number of fused-ring (bicyclic) bond motifs is 1. The fraction of sp³-hybridized carbons (Fsp3) is 1.00. The van der Waals surface area contributed by atoms with Gasteiger partial charge in [-0.05, 0) is 20.5 Å². The molecule has 0 bridgehead atoms. The molecule has 2 fully saturated rings. The normalized spacial score (nSPS) is 45.0. The van der Waals surface area contributed by atoms with Crippen LogP contribution in [0.3, 0.4) is 0 Å². The Kier molecular flexibility index (Phi) is 2.18. The second kappa shape index (κ2) is 2.94. The second-order valence-corrected chi connectivity index (χ2v) is 5.69. The zero-order valence-corrected chi connectivity index (χ0v) is 9.71. The molecule has 1 saturated carbocycles. The van der Waals surface area contributed by atoms with Crippen LogP contribution in [-0.2, 0) is 4.74 Å². The van der Waals surface area contributed by atoms with Gasteiger partial charge in [0.2, 0.25) is 0 Å². The Morgan fingerprint density at radius 3 is 2.64 bits per heavy atom. The third kappa shape index (κ3) is 1.09. The van der Waals surface area contributed by atoms with Gasteiger partial charge in [0.15, 0.2) is 0 Å². The maximum absolute atomic E-state index is 6.55. The van der Waals surface area contributed by atoms with Crippen LogP contribution >= 0.6 is 0 Å². The largest absolute Gasteiger partial charge is 0.377 e. The summed E-state index contributed by atoms with van der Waals surface area (Å²) >= 11 is 0. The highest BCUT2D eigenvalue weighted by atomic mass is 16.5. The van der Waals surface area contributed by atoms with Crippen LogP contribution in [-0.4, -0.2) is 43.8 Å². The molecule has 1 heterocycles. The first-order valence-corrected chi connectivity index (χ1v) is 5.45. The number of hydrogen-bond donors (Lipinski definition) is 1. The van der Waals surface area contributed by atoms with E-state index in [4.69, 9.17) is 10.5 Å². The van der Waals surface area contributed by atoms with E-state index in [0.717, 1.165) is 19.6 Å². The summed E-state index contributed by atoms with van der Waals surface area (Å²) in [6, 6.07) is 0. The minimum atomic E-state index is -0.0579. The predicted molar refractivity (Wildman–Crippen MR) is 57.1 cm³/mol. The van der Waals surface area contributed by atoms with Crippen LogP contribution in [0.2, 0.25) is 0 Å². The van der Waals surface area contributed by atoms with E-state index in [1.165, 1.54) is 0 Å². The molecule has 2 rings (SSSR count). The molecule has 14 heavy (non-hydrogen) atoms. The van der Waals surface area contributed by atoms with Gasteiger partial charge in [0.25, 0.3) is 0 Å². The molecule has 3 unspecified atom stereocenters. The van der Waals surface area contributed by atoms with Gasteiger partial charge in [-0.15, -0.1) is 0 Å². The molecule has 0 spiro atoms. The summed E-state index contributed by atoms with van der Waals surface area (Å²) in [6.07, 6.45) is 1.53. The molecule has 0 radical (unpaired) electrons. The molecular weight excluding hydrogens is 176 g/mol. The SMILES string of the molecule is CN(C)CC1(N)C2CCOC2C1(C)C. The molecular formula is C11H22N2O. The van der Waals surface area contributed by atoms with Crippen molar-refractivity contribution in [1.82, 2.24) is 4.90 Å². The molecule has 1 aliphatic carbocycles. The number of nitrogens with zero attached hydrogens (tertiary/aromatic N) is 1. The summed E-state index contributed by atoms with van der Waals surface area (Å²) < 4.78 is 5.75. The maximum Gasteiger partial charge on any atom is 0.0691 e. The number of rotatable bonds is 2. The third-order valence-electron chi connectivity index (χ3n) is 4.24.